The van der Waals surface area contributed by atoms with Gasteiger partial charge in [-0.3, -0.25) is 4.79 Å². The molecule has 19 heavy (non-hydrogen) atoms. The maximum Gasteiger partial charge on any atom is 0.434 e. The number of carbonyl (C=O) groups is 1. The first-order chi connectivity index (χ1) is 9.13. The predicted molar refractivity (Wildman–Crippen MR) is 62.0 cm³/mol. The van der Waals surface area contributed by atoms with Crippen LogP contribution in [0, 0.1) is 17.8 Å². The first-order valence-electron chi connectivity index (χ1n) is 6.58. The molecule has 2 saturated heterocycles. The van der Waals surface area contributed by atoms with E-state index >= 15 is 0 Å². The summed E-state index contributed by atoms with van der Waals surface area (Å²) >= 11 is 0. The van der Waals surface area contributed by atoms with Gasteiger partial charge in [-0.2, -0.15) is 0 Å². The van der Waals surface area contributed by atoms with Gasteiger partial charge in [0, 0.05) is 7.05 Å². The van der Waals surface area contributed by atoms with E-state index in [1.54, 1.807) is 11.9 Å². The minimum atomic E-state index is -0.597. The van der Waals surface area contributed by atoms with Crippen LogP contribution in [0.25, 0.3) is 0 Å². The van der Waals surface area contributed by atoms with Crippen molar-refractivity contribution in [2.24, 2.45) is 17.8 Å². The zero-order chi connectivity index (χ0) is 13.1. The van der Waals surface area contributed by atoms with Gasteiger partial charge in [-0.05, 0) is 24.7 Å². The minimum absolute atomic E-state index is 0.0376. The number of fused-ring (bicyclic) bond motifs is 5. The topological polar surface area (TPSA) is 88.4 Å². The lowest BCUT2D eigenvalue weighted by molar-refractivity contribution is -0.137. The van der Waals surface area contributed by atoms with Crippen molar-refractivity contribution in [3.8, 4) is 0 Å². The zero-order valence-corrected chi connectivity index (χ0v) is 10.5. The number of amides is 1. The SMILES string of the molecule is CN(Cc1n[nH]c(=O)o1)C(=O)[C@@H]1C[C@@H]2O[C@H]1[C@H]1C[C@H]12. The highest BCUT2D eigenvalue weighted by molar-refractivity contribution is 5.80. The normalized spacial score (nSPS) is 38.3. The Kier molecular flexibility index (Phi) is 2.18. The summed E-state index contributed by atoms with van der Waals surface area (Å²) in [5, 5.41) is 5.89. The smallest absolute Gasteiger partial charge is 0.391 e. The number of H-pyrrole nitrogens is 1. The molecule has 1 saturated carbocycles. The third-order valence-electron chi connectivity index (χ3n) is 4.55. The Balaban J connectivity index is 1.44. The molecule has 1 aromatic heterocycles. The molecule has 1 amide bonds. The van der Waals surface area contributed by atoms with Crippen LogP contribution in [0.4, 0.5) is 0 Å². The quantitative estimate of drug-likeness (QED) is 0.813. The van der Waals surface area contributed by atoms with Crippen LogP contribution in [-0.2, 0) is 16.1 Å². The van der Waals surface area contributed by atoms with E-state index < -0.39 is 5.76 Å². The van der Waals surface area contributed by atoms with Gasteiger partial charge in [0.2, 0.25) is 11.8 Å². The van der Waals surface area contributed by atoms with Crippen molar-refractivity contribution < 1.29 is 13.9 Å². The van der Waals surface area contributed by atoms with Gasteiger partial charge in [-0.15, -0.1) is 5.10 Å². The van der Waals surface area contributed by atoms with Gasteiger partial charge in [0.25, 0.3) is 0 Å². The number of aromatic nitrogens is 2. The summed E-state index contributed by atoms with van der Waals surface area (Å²) in [5.74, 6) is 0.968. The highest BCUT2D eigenvalue weighted by atomic mass is 16.5. The van der Waals surface area contributed by atoms with Crippen molar-refractivity contribution in [2.75, 3.05) is 7.05 Å². The standard InChI is InChI=1S/C12H15N3O4/c1-15(4-9-13-14-12(17)19-9)11(16)7-3-8-5-2-6(5)10(7)18-8/h5-8,10H,2-4H2,1H3,(H,14,17)/t5-,6+,7-,8+,10+/m1/s1. The summed E-state index contributed by atoms with van der Waals surface area (Å²) in [6.07, 6.45) is 2.45. The summed E-state index contributed by atoms with van der Waals surface area (Å²) in [7, 11) is 1.70. The number of hydrogen-bond acceptors (Lipinski definition) is 5. The number of hydrogen-bond donors (Lipinski definition) is 1. The zero-order valence-electron chi connectivity index (χ0n) is 10.5. The summed E-state index contributed by atoms with van der Waals surface area (Å²) in [6, 6.07) is 0. The molecule has 1 N–H and O–H groups in total. The van der Waals surface area contributed by atoms with Gasteiger partial charge < -0.3 is 14.1 Å². The minimum Gasteiger partial charge on any atom is -0.391 e. The van der Waals surface area contributed by atoms with Crippen molar-refractivity contribution in [1.82, 2.24) is 15.1 Å². The second kappa shape index (κ2) is 3.69. The summed E-state index contributed by atoms with van der Waals surface area (Å²) in [4.78, 5) is 24.8. The molecule has 0 spiro atoms. The molecule has 102 valence electrons. The van der Waals surface area contributed by atoms with E-state index in [1.165, 1.54) is 6.42 Å². The number of ether oxygens (including phenoxy) is 1. The maximum absolute atomic E-state index is 12.4. The second-order valence-electron chi connectivity index (χ2n) is 5.75. The highest BCUT2D eigenvalue weighted by Crippen LogP contribution is 2.60. The van der Waals surface area contributed by atoms with Crippen molar-refractivity contribution in [1.29, 1.82) is 0 Å². The third kappa shape index (κ3) is 1.64. The van der Waals surface area contributed by atoms with Crippen LogP contribution in [0.2, 0.25) is 0 Å². The van der Waals surface area contributed by atoms with Gasteiger partial charge in [0.1, 0.15) is 0 Å². The van der Waals surface area contributed by atoms with Crippen LogP contribution < -0.4 is 5.76 Å². The van der Waals surface area contributed by atoms with Gasteiger partial charge in [0.15, 0.2) is 0 Å². The third-order valence-corrected chi connectivity index (χ3v) is 4.55. The fourth-order valence-corrected chi connectivity index (χ4v) is 3.59. The van der Waals surface area contributed by atoms with Crippen molar-refractivity contribution in [3.05, 3.63) is 16.4 Å². The molecule has 1 aromatic rings. The molecule has 4 rings (SSSR count). The first kappa shape index (κ1) is 11.2. The largest absolute Gasteiger partial charge is 0.434 e. The van der Waals surface area contributed by atoms with Crippen molar-refractivity contribution in [3.63, 3.8) is 0 Å². The second-order valence-corrected chi connectivity index (χ2v) is 5.75. The fraction of sp³-hybridized carbons (Fsp3) is 0.750. The van der Waals surface area contributed by atoms with E-state index in [-0.39, 0.29) is 30.4 Å². The molecule has 3 heterocycles. The number of aromatic amines is 1. The van der Waals surface area contributed by atoms with Crippen LogP contribution in [-0.4, -0.2) is 40.3 Å². The van der Waals surface area contributed by atoms with Crippen LogP contribution in [0.5, 0.6) is 0 Å². The summed E-state index contributed by atoms with van der Waals surface area (Å²) in [5.41, 5.74) is 0. The Morgan fingerprint density at radius 2 is 2.32 bits per heavy atom. The Hall–Kier alpha value is -1.63. The molecule has 7 heteroatoms. The Labute approximate surface area is 108 Å². The van der Waals surface area contributed by atoms with Crippen LogP contribution in [0.15, 0.2) is 9.21 Å². The van der Waals surface area contributed by atoms with E-state index in [0.717, 1.165) is 6.42 Å². The fourth-order valence-electron chi connectivity index (χ4n) is 3.59. The number of rotatable bonds is 3. The molecule has 3 fully saturated rings. The van der Waals surface area contributed by atoms with Crippen LogP contribution in [0.1, 0.15) is 18.7 Å². The molecule has 1 aliphatic carbocycles. The molecule has 5 atom stereocenters. The molecule has 0 aromatic carbocycles. The van der Waals surface area contributed by atoms with Crippen LogP contribution >= 0.6 is 0 Å². The van der Waals surface area contributed by atoms with Gasteiger partial charge in [0.05, 0.1) is 24.7 Å². The molecule has 3 aliphatic rings. The monoisotopic (exact) mass is 265 g/mol. The average Bonchev–Trinajstić information content (AvgIpc) is 2.76. The number of carbonyl (C=O) groups excluding carboxylic acids is 1. The highest BCUT2D eigenvalue weighted by Gasteiger charge is 2.64. The van der Waals surface area contributed by atoms with E-state index in [4.69, 9.17) is 9.15 Å². The molecular weight excluding hydrogens is 250 g/mol. The number of nitrogens with zero attached hydrogens (tertiary/aromatic N) is 2. The number of nitrogens with one attached hydrogen (secondary N) is 1. The summed E-state index contributed by atoms with van der Waals surface area (Å²) in [6.45, 7) is 0.208. The van der Waals surface area contributed by atoms with E-state index in [9.17, 15) is 9.59 Å². The van der Waals surface area contributed by atoms with Crippen LogP contribution in [0.3, 0.4) is 0 Å². The van der Waals surface area contributed by atoms with Crippen molar-refractivity contribution >= 4 is 5.91 Å². The molecular formula is C12H15N3O4. The predicted octanol–water partition coefficient (Wildman–Crippen LogP) is -0.255. The van der Waals surface area contributed by atoms with Crippen molar-refractivity contribution in [2.45, 2.75) is 31.6 Å². The van der Waals surface area contributed by atoms with E-state index in [1.807, 2.05) is 0 Å². The van der Waals surface area contributed by atoms with E-state index in [0.29, 0.717) is 17.9 Å². The van der Waals surface area contributed by atoms with E-state index in [2.05, 4.69) is 10.2 Å². The Bertz CT molecular complexity index is 580. The maximum atomic E-state index is 12.4. The summed E-state index contributed by atoms with van der Waals surface area (Å²) < 4.78 is 10.6. The Morgan fingerprint density at radius 3 is 2.95 bits per heavy atom. The lowest BCUT2D eigenvalue weighted by Gasteiger charge is -2.23. The lowest BCUT2D eigenvalue weighted by Crippen LogP contribution is -2.38. The average molecular weight is 265 g/mol. The lowest BCUT2D eigenvalue weighted by atomic mass is 9.88. The van der Waals surface area contributed by atoms with Gasteiger partial charge >= 0.3 is 5.76 Å². The Morgan fingerprint density at radius 1 is 1.47 bits per heavy atom. The molecule has 2 aliphatic heterocycles. The molecule has 0 radical (unpaired) electrons. The molecule has 7 nitrogen and oxygen atoms in total. The molecule has 0 unspecified atom stereocenters. The molecule has 2 bridgehead atoms. The van der Waals surface area contributed by atoms with Gasteiger partial charge in [-0.1, -0.05) is 0 Å². The first-order valence-corrected chi connectivity index (χ1v) is 6.58. The van der Waals surface area contributed by atoms with Gasteiger partial charge in [-0.25, -0.2) is 9.89 Å².